The van der Waals surface area contributed by atoms with Crippen LogP contribution in [0.3, 0.4) is 0 Å². The van der Waals surface area contributed by atoms with E-state index in [9.17, 15) is 9.18 Å². The SMILES string of the molecule is O=C(NCc1ncccc1F)[C@H]1C[C@@H]1c1ccccc1. The van der Waals surface area contributed by atoms with Gasteiger partial charge in [-0.1, -0.05) is 30.3 Å². The minimum Gasteiger partial charge on any atom is -0.350 e. The number of rotatable bonds is 4. The van der Waals surface area contributed by atoms with Crippen LogP contribution in [0.25, 0.3) is 0 Å². The van der Waals surface area contributed by atoms with Crippen molar-refractivity contribution in [3.63, 3.8) is 0 Å². The third-order valence-electron chi connectivity index (χ3n) is 3.62. The number of aromatic nitrogens is 1. The van der Waals surface area contributed by atoms with Gasteiger partial charge in [-0.25, -0.2) is 4.39 Å². The Labute approximate surface area is 116 Å². The highest BCUT2D eigenvalue weighted by molar-refractivity contribution is 5.82. The van der Waals surface area contributed by atoms with E-state index in [1.807, 2.05) is 30.3 Å². The third-order valence-corrected chi connectivity index (χ3v) is 3.62. The number of hydrogen-bond donors (Lipinski definition) is 1. The van der Waals surface area contributed by atoms with Crippen LogP contribution in [-0.2, 0) is 11.3 Å². The number of halogens is 1. The minimum atomic E-state index is -0.386. The maximum Gasteiger partial charge on any atom is 0.224 e. The van der Waals surface area contributed by atoms with Crippen LogP contribution in [0.4, 0.5) is 4.39 Å². The molecule has 0 spiro atoms. The fraction of sp³-hybridized carbons (Fsp3) is 0.250. The molecule has 1 aliphatic carbocycles. The largest absolute Gasteiger partial charge is 0.350 e. The Balaban J connectivity index is 1.56. The Kier molecular flexibility index (Phi) is 3.46. The van der Waals surface area contributed by atoms with Gasteiger partial charge in [-0.3, -0.25) is 9.78 Å². The van der Waals surface area contributed by atoms with E-state index >= 15 is 0 Å². The average Bonchev–Trinajstić information content (AvgIpc) is 3.28. The van der Waals surface area contributed by atoms with Crippen LogP contribution in [0, 0.1) is 11.7 Å². The fourth-order valence-corrected chi connectivity index (χ4v) is 2.40. The van der Waals surface area contributed by atoms with Gasteiger partial charge in [0.1, 0.15) is 5.82 Å². The standard InChI is InChI=1S/C16H15FN2O/c17-14-7-4-8-18-15(14)10-19-16(20)13-9-12(13)11-5-2-1-3-6-11/h1-8,12-13H,9-10H2,(H,19,20)/t12-,13+/m1/s1. The number of hydrogen-bond acceptors (Lipinski definition) is 2. The first-order valence-corrected chi connectivity index (χ1v) is 6.68. The Morgan fingerprint density at radius 1 is 1.25 bits per heavy atom. The molecule has 1 N–H and O–H groups in total. The summed E-state index contributed by atoms with van der Waals surface area (Å²) in [5.41, 5.74) is 1.47. The summed E-state index contributed by atoms with van der Waals surface area (Å²) < 4.78 is 13.4. The summed E-state index contributed by atoms with van der Waals surface area (Å²) >= 11 is 0. The molecule has 102 valence electrons. The van der Waals surface area contributed by atoms with Crippen LogP contribution in [-0.4, -0.2) is 10.9 Å². The Hall–Kier alpha value is -2.23. The number of pyridine rings is 1. The van der Waals surface area contributed by atoms with Crippen LogP contribution in [0.5, 0.6) is 0 Å². The van der Waals surface area contributed by atoms with E-state index in [0.717, 1.165) is 6.42 Å². The number of nitrogens with one attached hydrogen (secondary N) is 1. The van der Waals surface area contributed by atoms with Gasteiger partial charge in [-0.05, 0) is 30.0 Å². The summed E-state index contributed by atoms with van der Waals surface area (Å²) in [4.78, 5) is 15.9. The lowest BCUT2D eigenvalue weighted by atomic mass is 10.1. The molecule has 0 bridgehead atoms. The lowest BCUT2D eigenvalue weighted by molar-refractivity contribution is -0.122. The molecule has 1 amide bonds. The van der Waals surface area contributed by atoms with Gasteiger partial charge in [0.25, 0.3) is 0 Å². The molecule has 0 radical (unpaired) electrons. The molecule has 1 aromatic heterocycles. The molecular formula is C16H15FN2O. The Bertz CT molecular complexity index is 615. The van der Waals surface area contributed by atoms with Crippen LogP contribution in [0.2, 0.25) is 0 Å². The van der Waals surface area contributed by atoms with E-state index in [2.05, 4.69) is 10.3 Å². The van der Waals surface area contributed by atoms with Crippen molar-refractivity contribution in [3.8, 4) is 0 Å². The smallest absolute Gasteiger partial charge is 0.224 e. The summed E-state index contributed by atoms with van der Waals surface area (Å²) in [7, 11) is 0. The molecule has 1 saturated carbocycles. The van der Waals surface area contributed by atoms with Crippen molar-refractivity contribution in [1.29, 1.82) is 0 Å². The van der Waals surface area contributed by atoms with Gasteiger partial charge in [0, 0.05) is 12.1 Å². The summed E-state index contributed by atoms with van der Waals surface area (Å²) in [6.45, 7) is 0.142. The maximum atomic E-state index is 13.4. The zero-order valence-corrected chi connectivity index (χ0v) is 10.9. The van der Waals surface area contributed by atoms with Gasteiger partial charge in [0.2, 0.25) is 5.91 Å². The highest BCUT2D eigenvalue weighted by Gasteiger charge is 2.43. The molecule has 1 fully saturated rings. The predicted octanol–water partition coefficient (Wildman–Crippen LogP) is 2.64. The zero-order chi connectivity index (χ0) is 13.9. The number of nitrogens with zero attached hydrogens (tertiary/aromatic N) is 1. The zero-order valence-electron chi connectivity index (χ0n) is 10.9. The first-order chi connectivity index (χ1) is 9.75. The van der Waals surface area contributed by atoms with Crippen LogP contribution in [0.1, 0.15) is 23.6 Å². The summed E-state index contributed by atoms with van der Waals surface area (Å²) in [5, 5.41) is 2.76. The van der Waals surface area contributed by atoms with E-state index in [-0.39, 0.29) is 29.9 Å². The molecule has 2 aromatic rings. The predicted molar refractivity (Wildman–Crippen MR) is 73.3 cm³/mol. The van der Waals surface area contributed by atoms with Crippen molar-refractivity contribution in [2.45, 2.75) is 18.9 Å². The van der Waals surface area contributed by atoms with Gasteiger partial charge in [0.05, 0.1) is 12.2 Å². The second-order valence-electron chi connectivity index (χ2n) is 5.01. The molecule has 0 unspecified atom stereocenters. The Morgan fingerprint density at radius 3 is 2.80 bits per heavy atom. The second kappa shape index (κ2) is 5.41. The Morgan fingerprint density at radius 2 is 2.05 bits per heavy atom. The van der Waals surface area contributed by atoms with Gasteiger partial charge in [-0.2, -0.15) is 0 Å². The lowest BCUT2D eigenvalue weighted by Gasteiger charge is -2.05. The van der Waals surface area contributed by atoms with Crippen molar-refractivity contribution in [2.24, 2.45) is 5.92 Å². The molecule has 3 nitrogen and oxygen atoms in total. The van der Waals surface area contributed by atoms with E-state index in [1.165, 1.54) is 23.9 Å². The quantitative estimate of drug-likeness (QED) is 0.928. The van der Waals surface area contributed by atoms with E-state index in [0.29, 0.717) is 5.92 Å². The van der Waals surface area contributed by atoms with E-state index in [1.54, 1.807) is 0 Å². The molecule has 1 heterocycles. The molecule has 0 saturated heterocycles. The number of carbonyl (C=O) groups excluding carboxylic acids is 1. The molecule has 3 rings (SSSR count). The minimum absolute atomic E-state index is 0.00386. The molecule has 1 aliphatic rings. The lowest BCUT2D eigenvalue weighted by Crippen LogP contribution is -2.25. The van der Waals surface area contributed by atoms with E-state index < -0.39 is 0 Å². The molecular weight excluding hydrogens is 255 g/mol. The van der Waals surface area contributed by atoms with Gasteiger partial charge >= 0.3 is 0 Å². The monoisotopic (exact) mass is 270 g/mol. The number of benzene rings is 1. The summed E-state index contributed by atoms with van der Waals surface area (Å²) in [6, 6.07) is 12.9. The van der Waals surface area contributed by atoms with Crippen LogP contribution in [0.15, 0.2) is 48.7 Å². The molecule has 2 atom stereocenters. The molecule has 4 heteroatoms. The third kappa shape index (κ3) is 2.69. The van der Waals surface area contributed by atoms with Crippen molar-refractivity contribution >= 4 is 5.91 Å². The highest BCUT2D eigenvalue weighted by atomic mass is 19.1. The van der Waals surface area contributed by atoms with Crippen LogP contribution < -0.4 is 5.32 Å². The van der Waals surface area contributed by atoms with Crippen molar-refractivity contribution in [1.82, 2.24) is 10.3 Å². The van der Waals surface area contributed by atoms with Gasteiger partial charge in [-0.15, -0.1) is 0 Å². The van der Waals surface area contributed by atoms with Crippen molar-refractivity contribution < 1.29 is 9.18 Å². The van der Waals surface area contributed by atoms with Gasteiger partial charge < -0.3 is 5.32 Å². The topological polar surface area (TPSA) is 42.0 Å². The molecule has 0 aliphatic heterocycles. The van der Waals surface area contributed by atoms with Gasteiger partial charge in [0.15, 0.2) is 0 Å². The second-order valence-corrected chi connectivity index (χ2v) is 5.01. The summed E-state index contributed by atoms with van der Waals surface area (Å²) in [6.07, 6.45) is 2.38. The van der Waals surface area contributed by atoms with Crippen LogP contribution >= 0.6 is 0 Å². The molecule has 20 heavy (non-hydrogen) atoms. The van der Waals surface area contributed by atoms with Crippen molar-refractivity contribution in [2.75, 3.05) is 0 Å². The molecule has 1 aromatic carbocycles. The normalized spacial score (nSPS) is 20.4. The number of amides is 1. The highest BCUT2D eigenvalue weighted by Crippen LogP contribution is 2.47. The first kappa shape index (κ1) is 12.8. The number of carbonyl (C=O) groups is 1. The summed E-state index contributed by atoms with van der Waals surface area (Å²) in [5.74, 6) is -0.110. The van der Waals surface area contributed by atoms with E-state index in [4.69, 9.17) is 0 Å². The van der Waals surface area contributed by atoms with Crippen molar-refractivity contribution in [3.05, 3.63) is 65.7 Å². The fourth-order valence-electron chi connectivity index (χ4n) is 2.40. The average molecular weight is 270 g/mol. The first-order valence-electron chi connectivity index (χ1n) is 6.68. The maximum absolute atomic E-state index is 13.4.